The zero-order valence-corrected chi connectivity index (χ0v) is 11.8. The molecule has 2 rings (SSSR count). The lowest BCUT2D eigenvalue weighted by Gasteiger charge is -2.47. The van der Waals surface area contributed by atoms with E-state index in [1.54, 1.807) is 0 Å². The first-order chi connectivity index (χ1) is 8.26. The van der Waals surface area contributed by atoms with E-state index in [4.69, 9.17) is 5.73 Å². The molecule has 0 amide bonds. The molecule has 2 saturated carbocycles. The van der Waals surface area contributed by atoms with Gasteiger partial charge in [-0.15, -0.1) is 0 Å². The quantitative estimate of drug-likeness (QED) is 0.771. The van der Waals surface area contributed by atoms with Crippen molar-refractivity contribution in [2.24, 2.45) is 17.6 Å². The monoisotopic (exact) mass is 238 g/mol. The number of likely N-dealkylation sites (N-methyl/N-ethyl adjacent to an activating group) is 1. The number of hydrogen-bond donors (Lipinski definition) is 1. The van der Waals surface area contributed by atoms with Gasteiger partial charge in [-0.1, -0.05) is 33.1 Å². The Morgan fingerprint density at radius 1 is 1.18 bits per heavy atom. The van der Waals surface area contributed by atoms with Gasteiger partial charge in [-0.2, -0.15) is 0 Å². The molecule has 2 nitrogen and oxygen atoms in total. The molecule has 17 heavy (non-hydrogen) atoms. The van der Waals surface area contributed by atoms with Gasteiger partial charge in [-0.25, -0.2) is 0 Å². The molecule has 2 heteroatoms. The summed E-state index contributed by atoms with van der Waals surface area (Å²) in [5, 5.41) is 0. The third kappa shape index (κ3) is 2.39. The highest BCUT2D eigenvalue weighted by Gasteiger charge is 2.45. The van der Waals surface area contributed by atoms with E-state index in [2.05, 4.69) is 18.7 Å². The van der Waals surface area contributed by atoms with Gasteiger partial charge in [0.05, 0.1) is 0 Å². The topological polar surface area (TPSA) is 29.3 Å². The summed E-state index contributed by atoms with van der Waals surface area (Å²) < 4.78 is 0. The fourth-order valence-corrected chi connectivity index (χ4v) is 4.14. The molecule has 0 saturated heterocycles. The molecule has 2 unspecified atom stereocenters. The summed E-state index contributed by atoms with van der Waals surface area (Å²) in [5.41, 5.74) is 6.55. The van der Waals surface area contributed by atoms with Crippen LogP contribution in [0.3, 0.4) is 0 Å². The van der Waals surface area contributed by atoms with E-state index in [1.807, 2.05) is 0 Å². The van der Waals surface area contributed by atoms with Crippen molar-refractivity contribution in [3.63, 3.8) is 0 Å². The molecule has 0 spiro atoms. The molecule has 0 bridgehead atoms. The maximum Gasteiger partial charge on any atom is 0.0359 e. The van der Waals surface area contributed by atoms with Gasteiger partial charge in [-0.3, -0.25) is 4.90 Å². The fourth-order valence-electron chi connectivity index (χ4n) is 4.14. The molecule has 2 N–H and O–H groups in total. The third-order valence-electron chi connectivity index (χ3n) is 5.48. The SMILES string of the molecule is CCC1CCCC1(CN)N(CC)CC1CCC1. The largest absolute Gasteiger partial charge is 0.329 e. The van der Waals surface area contributed by atoms with Crippen molar-refractivity contribution >= 4 is 0 Å². The van der Waals surface area contributed by atoms with Crippen LogP contribution in [0.4, 0.5) is 0 Å². The molecule has 0 radical (unpaired) electrons. The van der Waals surface area contributed by atoms with Gasteiger partial charge < -0.3 is 5.73 Å². The van der Waals surface area contributed by atoms with Gasteiger partial charge in [0.1, 0.15) is 0 Å². The van der Waals surface area contributed by atoms with Gasteiger partial charge in [-0.05, 0) is 44.1 Å². The van der Waals surface area contributed by atoms with Crippen LogP contribution in [0.1, 0.15) is 58.8 Å². The Balaban J connectivity index is 2.06. The molecule has 0 aromatic rings. The van der Waals surface area contributed by atoms with Crippen LogP contribution in [0.5, 0.6) is 0 Å². The Bertz CT molecular complexity index is 237. The first-order valence-corrected chi connectivity index (χ1v) is 7.72. The van der Waals surface area contributed by atoms with Crippen LogP contribution in [0.2, 0.25) is 0 Å². The van der Waals surface area contributed by atoms with Crippen molar-refractivity contribution in [3.05, 3.63) is 0 Å². The van der Waals surface area contributed by atoms with Crippen LogP contribution >= 0.6 is 0 Å². The Labute approximate surface area is 107 Å². The van der Waals surface area contributed by atoms with Crippen LogP contribution in [0.25, 0.3) is 0 Å². The minimum absolute atomic E-state index is 0.346. The van der Waals surface area contributed by atoms with Gasteiger partial charge in [0.15, 0.2) is 0 Å². The van der Waals surface area contributed by atoms with Crippen LogP contribution in [0.15, 0.2) is 0 Å². The van der Waals surface area contributed by atoms with Gasteiger partial charge >= 0.3 is 0 Å². The molecule has 0 aromatic heterocycles. The van der Waals surface area contributed by atoms with Gasteiger partial charge in [0.25, 0.3) is 0 Å². The van der Waals surface area contributed by atoms with E-state index in [0.29, 0.717) is 5.54 Å². The van der Waals surface area contributed by atoms with Gasteiger partial charge in [0, 0.05) is 18.6 Å². The van der Waals surface area contributed by atoms with Crippen molar-refractivity contribution < 1.29 is 0 Å². The predicted octanol–water partition coefficient (Wildman–Crippen LogP) is 3.02. The molecular weight excluding hydrogens is 208 g/mol. The standard InChI is InChI=1S/C15H30N2/c1-3-14-9-6-10-15(14,12-16)17(4-2)11-13-7-5-8-13/h13-14H,3-12,16H2,1-2H3. The Morgan fingerprint density at radius 3 is 2.41 bits per heavy atom. The van der Waals surface area contributed by atoms with Crippen LogP contribution in [-0.4, -0.2) is 30.1 Å². The van der Waals surface area contributed by atoms with Crippen LogP contribution < -0.4 is 5.73 Å². The Kier molecular flexibility index (Phi) is 4.48. The molecule has 2 atom stereocenters. The fraction of sp³-hybridized carbons (Fsp3) is 1.00. The maximum absolute atomic E-state index is 6.20. The first kappa shape index (κ1) is 13.4. The highest BCUT2D eigenvalue weighted by Crippen LogP contribution is 2.43. The Hall–Kier alpha value is -0.0800. The lowest BCUT2D eigenvalue weighted by molar-refractivity contribution is 0.0328. The minimum atomic E-state index is 0.346. The Morgan fingerprint density at radius 2 is 1.94 bits per heavy atom. The second-order valence-corrected chi connectivity index (χ2v) is 6.14. The number of hydrogen-bond acceptors (Lipinski definition) is 2. The summed E-state index contributed by atoms with van der Waals surface area (Å²) in [7, 11) is 0. The summed E-state index contributed by atoms with van der Waals surface area (Å²) in [5.74, 6) is 1.81. The number of nitrogens with two attached hydrogens (primary N) is 1. The highest BCUT2D eigenvalue weighted by atomic mass is 15.2. The normalized spacial score (nSPS) is 34.2. The van der Waals surface area contributed by atoms with Crippen molar-refractivity contribution in [1.29, 1.82) is 0 Å². The molecular formula is C15H30N2. The average molecular weight is 238 g/mol. The highest BCUT2D eigenvalue weighted by molar-refractivity contribution is 5.01. The van der Waals surface area contributed by atoms with E-state index >= 15 is 0 Å². The average Bonchev–Trinajstić information content (AvgIpc) is 2.72. The van der Waals surface area contributed by atoms with Crippen molar-refractivity contribution in [2.45, 2.75) is 64.3 Å². The zero-order valence-electron chi connectivity index (χ0n) is 11.8. The van der Waals surface area contributed by atoms with E-state index < -0.39 is 0 Å². The number of nitrogens with zero attached hydrogens (tertiary/aromatic N) is 1. The lowest BCUT2D eigenvalue weighted by Crippen LogP contribution is -2.57. The molecule has 0 aliphatic heterocycles. The first-order valence-electron chi connectivity index (χ1n) is 7.72. The van der Waals surface area contributed by atoms with E-state index in [1.165, 1.54) is 58.0 Å². The van der Waals surface area contributed by atoms with Crippen molar-refractivity contribution in [3.8, 4) is 0 Å². The summed E-state index contributed by atoms with van der Waals surface area (Å²) >= 11 is 0. The maximum atomic E-state index is 6.20. The summed E-state index contributed by atoms with van der Waals surface area (Å²) in [6, 6.07) is 0. The minimum Gasteiger partial charge on any atom is -0.329 e. The summed E-state index contributed by atoms with van der Waals surface area (Å²) in [4.78, 5) is 2.75. The smallest absolute Gasteiger partial charge is 0.0359 e. The summed E-state index contributed by atoms with van der Waals surface area (Å²) in [6.45, 7) is 8.03. The molecule has 2 fully saturated rings. The zero-order chi connectivity index (χ0) is 12.3. The van der Waals surface area contributed by atoms with E-state index in [0.717, 1.165) is 18.4 Å². The number of rotatable bonds is 6. The van der Waals surface area contributed by atoms with E-state index in [9.17, 15) is 0 Å². The molecule has 0 heterocycles. The third-order valence-corrected chi connectivity index (χ3v) is 5.48. The van der Waals surface area contributed by atoms with Crippen LogP contribution in [-0.2, 0) is 0 Å². The molecule has 100 valence electrons. The second kappa shape index (κ2) is 5.71. The molecule has 2 aliphatic carbocycles. The van der Waals surface area contributed by atoms with Crippen LogP contribution in [0, 0.1) is 11.8 Å². The molecule has 2 aliphatic rings. The van der Waals surface area contributed by atoms with Crippen molar-refractivity contribution in [1.82, 2.24) is 4.90 Å². The van der Waals surface area contributed by atoms with Gasteiger partial charge in [0.2, 0.25) is 0 Å². The predicted molar refractivity (Wildman–Crippen MR) is 74.0 cm³/mol. The van der Waals surface area contributed by atoms with Crippen molar-refractivity contribution in [2.75, 3.05) is 19.6 Å². The lowest BCUT2D eigenvalue weighted by atomic mass is 9.80. The summed E-state index contributed by atoms with van der Waals surface area (Å²) in [6.07, 6.45) is 9.78. The molecule has 0 aromatic carbocycles. The second-order valence-electron chi connectivity index (χ2n) is 6.14. The van der Waals surface area contributed by atoms with E-state index in [-0.39, 0.29) is 0 Å².